The van der Waals surface area contributed by atoms with E-state index in [1.165, 1.54) is 23.1 Å². The molecule has 1 aliphatic heterocycles. The summed E-state index contributed by atoms with van der Waals surface area (Å²) in [5, 5.41) is 11.7. The number of thioether (sulfide) groups is 1. The topological polar surface area (TPSA) is 59.0 Å². The Kier molecular flexibility index (Phi) is 5.86. The SMILES string of the molecule is CSc1ccccc1NC(=O)c1nn2c(c1Br)N[C@@H](c1cccs1)C[C@H]2C(F)(F)F. The van der Waals surface area contributed by atoms with Gasteiger partial charge in [0.25, 0.3) is 5.91 Å². The summed E-state index contributed by atoms with van der Waals surface area (Å²) in [6.45, 7) is 0. The third-order valence-corrected chi connectivity index (χ3v) is 7.29. The molecule has 0 unspecified atom stereocenters. The van der Waals surface area contributed by atoms with E-state index in [1.807, 2.05) is 23.8 Å². The Morgan fingerprint density at radius 2 is 2.10 bits per heavy atom. The normalized spacial score (nSPS) is 18.6. The minimum Gasteiger partial charge on any atom is -0.362 e. The number of fused-ring (bicyclic) bond motifs is 1. The molecule has 0 spiro atoms. The molecule has 2 aromatic heterocycles. The van der Waals surface area contributed by atoms with E-state index in [2.05, 4.69) is 31.7 Å². The monoisotopic (exact) mass is 516 g/mol. The minimum absolute atomic E-state index is 0.102. The first-order valence-corrected chi connectivity index (χ1v) is 11.8. The molecule has 0 aliphatic carbocycles. The van der Waals surface area contributed by atoms with Crippen molar-refractivity contribution in [1.29, 1.82) is 0 Å². The molecule has 1 amide bonds. The summed E-state index contributed by atoms with van der Waals surface area (Å²) in [5.74, 6) is -0.439. The van der Waals surface area contributed by atoms with Crippen LogP contribution in [0.2, 0.25) is 0 Å². The molecular weight excluding hydrogens is 501 g/mol. The second-order valence-corrected chi connectivity index (χ2v) is 9.24. The summed E-state index contributed by atoms with van der Waals surface area (Å²) in [5.41, 5.74) is 0.471. The van der Waals surface area contributed by atoms with Crippen LogP contribution in [-0.4, -0.2) is 28.1 Å². The van der Waals surface area contributed by atoms with Crippen LogP contribution in [0.15, 0.2) is 51.1 Å². The number of carbonyl (C=O) groups excluding carboxylic acids is 1. The number of thiophene rings is 1. The summed E-state index contributed by atoms with van der Waals surface area (Å²) in [6.07, 6.45) is -2.84. The van der Waals surface area contributed by atoms with Crippen molar-refractivity contribution in [1.82, 2.24) is 9.78 Å². The lowest BCUT2D eigenvalue weighted by Gasteiger charge is -2.33. The van der Waals surface area contributed by atoms with Crippen LogP contribution in [0.4, 0.5) is 24.7 Å². The molecule has 2 atom stereocenters. The Labute approximate surface area is 187 Å². The fraction of sp³-hybridized carbons (Fsp3) is 0.263. The van der Waals surface area contributed by atoms with Gasteiger partial charge in [0, 0.05) is 16.2 Å². The molecule has 0 saturated carbocycles. The number of hydrogen-bond donors (Lipinski definition) is 2. The zero-order chi connectivity index (χ0) is 21.5. The van der Waals surface area contributed by atoms with Gasteiger partial charge >= 0.3 is 6.18 Å². The van der Waals surface area contributed by atoms with Crippen LogP contribution in [0.1, 0.15) is 33.9 Å². The maximum atomic E-state index is 13.8. The van der Waals surface area contributed by atoms with E-state index in [1.54, 1.807) is 24.3 Å². The van der Waals surface area contributed by atoms with Crippen molar-refractivity contribution >= 4 is 56.4 Å². The average molecular weight is 517 g/mol. The predicted molar refractivity (Wildman–Crippen MR) is 116 cm³/mol. The van der Waals surface area contributed by atoms with E-state index < -0.39 is 24.2 Å². The predicted octanol–water partition coefficient (Wildman–Crippen LogP) is 6.34. The van der Waals surface area contributed by atoms with Gasteiger partial charge in [0.05, 0.1) is 16.2 Å². The molecule has 158 valence electrons. The smallest absolute Gasteiger partial charge is 0.362 e. The van der Waals surface area contributed by atoms with Gasteiger partial charge in [0.1, 0.15) is 5.82 Å². The molecular formula is C19H16BrF3N4OS2. The zero-order valence-corrected chi connectivity index (χ0v) is 18.8. The highest BCUT2D eigenvalue weighted by Crippen LogP contribution is 2.47. The highest BCUT2D eigenvalue weighted by molar-refractivity contribution is 9.10. The van der Waals surface area contributed by atoms with E-state index in [-0.39, 0.29) is 22.4 Å². The van der Waals surface area contributed by atoms with E-state index in [4.69, 9.17) is 0 Å². The quantitative estimate of drug-likeness (QED) is 0.397. The third kappa shape index (κ3) is 3.97. The lowest BCUT2D eigenvalue weighted by Crippen LogP contribution is -2.35. The maximum absolute atomic E-state index is 13.8. The van der Waals surface area contributed by atoms with Crippen molar-refractivity contribution in [2.45, 2.75) is 29.6 Å². The standard InChI is InChI=1S/C19H16BrF3N4OS2/c1-29-12-6-3-2-5-10(12)25-18(28)16-15(20)17-24-11(13-7-4-8-30-13)9-14(19(21,22)23)27(17)26-16/h2-8,11,14,24H,9H2,1H3,(H,25,28)/t11-,14+/m1/s1. The summed E-state index contributed by atoms with van der Waals surface area (Å²) < 4.78 is 42.5. The molecule has 0 saturated heterocycles. The number of nitrogens with zero attached hydrogens (tertiary/aromatic N) is 2. The highest BCUT2D eigenvalue weighted by Gasteiger charge is 2.48. The van der Waals surface area contributed by atoms with Crippen LogP contribution < -0.4 is 10.6 Å². The van der Waals surface area contributed by atoms with Crippen molar-refractivity contribution in [3.63, 3.8) is 0 Å². The van der Waals surface area contributed by atoms with Gasteiger partial charge in [-0.25, -0.2) is 4.68 Å². The molecule has 4 rings (SSSR count). The second-order valence-electron chi connectivity index (χ2n) is 6.62. The lowest BCUT2D eigenvalue weighted by atomic mass is 10.0. The Morgan fingerprint density at radius 1 is 1.33 bits per heavy atom. The first-order valence-electron chi connectivity index (χ1n) is 8.88. The fourth-order valence-electron chi connectivity index (χ4n) is 3.34. The Bertz CT molecular complexity index is 1070. The van der Waals surface area contributed by atoms with Crippen LogP contribution in [0.3, 0.4) is 0 Å². The summed E-state index contributed by atoms with van der Waals surface area (Å²) in [4.78, 5) is 14.5. The number of anilines is 2. The van der Waals surface area contributed by atoms with E-state index in [0.29, 0.717) is 5.69 Å². The Balaban J connectivity index is 1.70. The minimum atomic E-state index is -4.50. The van der Waals surface area contributed by atoms with Gasteiger partial charge in [-0.05, 0) is 45.8 Å². The molecule has 30 heavy (non-hydrogen) atoms. The molecule has 0 bridgehead atoms. The van der Waals surface area contributed by atoms with E-state index in [0.717, 1.165) is 14.5 Å². The summed E-state index contributed by atoms with van der Waals surface area (Å²) >= 11 is 6.14. The molecule has 3 aromatic rings. The largest absolute Gasteiger partial charge is 0.410 e. The molecule has 11 heteroatoms. The first-order chi connectivity index (χ1) is 14.3. The number of aromatic nitrogens is 2. The molecule has 0 fully saturated rings. The molecule has 1 aromatic carbocycles. The number of carbonyl (C=O) groups is 1. The van der Waals surface area contributed by atoms with E-state index in [9.17, 15) is 18.0 Å². The van der Waals surface area contributed by atoms with Gasteiger partial charge in [0.2, 0.25) is 0 Å². The van der Waals surface area contributed by atoms with Gasteiger partial charge in [-0.2, -0.15) is 18.3 Å². The van der Waals surface area contributed by atoms with Crippen molar-refractivity contribution < 1.29 is 18.0 Å². The van der Waals surface area contributed by atoms with Gasteiger partial charge in [-0.15, -0.1) is 23.1 Å². The Hall–Kier alpha value is -1.98. The van der Waals surface area contributed by atoms with Crippen molar-refractivity contribution in [3.05, 3.63) is 56.8 Å². The van der Waals surface area contributed by atoms with Gasteiger partial charge in [0.15, 0.2) is 11.7 Å². The van der Waals surface area contributed by atoms with Gasteiger partial charge in [-0.3, -0.25) is 4.79 Å². The molecule has 5 nitrogen and oxygen atoms in total. The second kappa shape index (κ2) is 8.27. The fourth-order valence-corrected chi connectivity index (χ4v) is 5.24. The number of hydrogen-bond acceptors (Lipinski definition) is 5. The number of para-hydroxylation sites is 1. The van der Waals surface area contributed by atoms with Gasteiger partial charge in [-0.1, -0.05) is 18.2 Å². The van der Waals surface area contributed by atoms with Crippen LogP contribution in [-0.2, 0) is 0 Å². The zero-order valence-electron chi connectivity index (χ0n) is 15.5. The van der Waals surface area contributed by atoms with Crippen LogP contribution in [0.25, 0.3) is 0 Å². The molecule has 0 radical (unpaired) electrons. The van der Waals surface area contributed by atoms with Crippen LogP contribution in [0, 0.1) is 0 Å². The number of amides is 1. The average Bonchev–Trinajstić information content (AvgIpc) is 3.35. The van der Waals surface area contributed by atoms with Gasteiger partial charge < -0.3 is 10.6 Å². The molecule has 3 heterocycles. The van der Waals surface area contributed by atoms with Crippen LogP contribution >= 0.6 is 39.0 Å². The van der Waals surface area contributed by atoms with Crippen molar-refractivity contribution in [2.75, 3.05) is 16.9 Å². The van der Waals surface area contributed by atoms with E-state index >= 15 is 0 Å². The first kappa shape index (κ1) is 21.3. The number of halogens is 4. The molecule has 2 N–H and O–H groups in total. The number of rotatable bonds is 4. The maximum Gasteiger partial charge on any atom is 0.410 e. The van der Waals surface area contributed by atoms with Crippen LogP contribution in [0.5, 0.6) is 0 Å². The number of alkyl halides is 3. The molecule has 1 aliphatic rings. The lowest BCUT2D eigenvalue weighted by molar-refractivity contribution is -0.173. The summed E-state index contributed by atoms with van der Waals surface area (Å²) in [6, 6.07) is 8.43. The van der Waals surface area contributed by atoms with Crippen molar-refractivity contribution in [2.24, 2.45) is 0 Å². The summed E-state index contributed by atoms with van der Waals surface area (Å²) in [7, 11) is 0. The Morgan fingerprint density at radius 3 is 2.77 bits per heavy atom. The highest BCUT2D eigenvalue weighted by atomic mass is 79.9. The number of benzene rings is 1. The number of nitrogens with one attached hydrogen (secondary N) is 2. The third-order valence-electron chi connectivity index (χ3n) is 4.75. The van der Waals surface area contributed by atoms with Crippen molar-refractivity contribution in [3.8, 4) is 0 Å².